The van der Waals surface area contributed by atoms with Gasteiger partial charge in [-0.3, -0.25) is 9.59 Å². The number of rotatable bonds is 9. The highest BCUT2D eigenvalue weighted by molar-refractivity contribution is 7.89. The molecule has 0 radical (unpaired) electrons. The molecule has 8 heteroatoms. The molecule has 0 saturated heterocycles. The van der Waals surface area contributed by atoms with Crippen LogP contribution in [0.1, 0.15) is 52.6 Å². The zero-order chi connectivity index (χ0) is 21.6. The van der Waals surface area contributed by atoms with E-state index in [1.807, 2.05) is 34.6 Å². The second-order valence-corrected chi connectivity index (χ2v) is 10.1. The van der Waals surface area contributed by atoms with Crippen LogP contribution in [-0.4, -0.2) is 44.7 Å². The summed E-state index contributed by atoms with van der Waals surface area (Å²) < 4.78 is 25.5. The lowest BCUT2D eigenvalue weighted by atomic mass is 10.0. The van der Waals surface area contributed by atoms with Crippen molar-refractivity contribution in [2.45, 2.75) is 58.0 Å². The Kier molecular flexibility index (Phi) is 8.63. The molecule has 7 nitrogen and oxygen atoms in total. The van der Waals surface area contributed by atoms with Crippen LogP contribution in [0.25, 0.3) is 0 Å². The molecule has 2 atom stereocenters. The maximum Gasteiger partial charge on any atom is 0.243 e. The monoisotopic (exact) mass is 411 g/mol. The van der Waals surface area contributed by atoms with Crippen LogP contribution in [0.4, 0.5) is 0 Å². The van der Waals surface area contributed by atoms with Crippen molar-refractivity contribution in [1.82, 2.24) is 14.9 Å². The third kappa shape index (κ3) is 6.60. The normalized spacial score (nSPS) is 14.2. The van der Waals surface area contributed by atoms with Crippen LogP contribution in [0.2, 0.25) is 0 Å². The first kappa shape index (κ1) is 24.1. The van der Waals surface area contributed by atoms with Gasteiger partial charge < -0.3 is 10.6 Å². The summed E-state index contributed by atoms with van der Waals surface area (Å²) in [6, 6.07) is 5.47. The topological polar surface area (TPSA) is 95.6 Å². The Morgan fingerprint density at radius 1 is 0.964 bits per heavy atom. The number of benzene rings is 1. The molecule has 0 heterocycles. The predicted molar refractivity (Wildman–Crippen MR) is 110 cm³/mol. The van der Waals surface area contributed by atoms with E-state index in [1.54, 1.807) is 12.1 Å². The minimum Gasteiger partial charge on any atom is -0.348 e. The molecule has 1 rings (SSSR count). The molecule has 0 aromatic heterocycles. The summed E-state index contributed by atoms with van der Waals surface area (Å²) >= 11 is 0. The minimum atomic E-state index is -3.49. The Labute approximate surface area is 168 Å². The molecule has 2 N–H and O–H groups in total. The first-order chi connectivity index (χ1) is 12.9. The fourth-order valence-electron chi connectivity index (χ4n) is 2.66. The summed E-state index contributed by atoms with van der Waals surface area (Å²) in [5.74, 6) is -0.248. The molecule has 28 heavy (non-hydrogen) atoms. The van der Waals surface area contributed by atoms with E-state index < -0.39 is 16.1 Å². The molecular formula is C20H33N3O4S. The second-order valence-electron chi connectivity index (χ2n) is 7.97. The number of amides is 2. The van der Waals surface area contributed by atoms with Gasteiger partial charge in [-0.05, 0) is 36.5 Å². The van der Waals surface area contributed by atoms with Crippen molar-refractivity contribution in [2.75, 3.05) is 14.1 Å². The molecule has 0 bridgehead atoms. The Bertz CT molecular complexity index is 771. The number of sulfonamides is 1. The Morgan fingerprint density at radius 2 is 1.50 bits per heavy atom. The Morgan fingerprint density at radius 3 is 1.93 bits per heavy atom. The average Bonchev–Trinajstić information content (AvgIpc) is 2.58. The van der Waals surface area contributed by atoms with E-state index in [0.29, 0.717) is 6.42 Å². The second kappa shape index (κ2) is 10.0. The van der Waals surface area contributed by atoms with E-state index >= 15 is 0 Å². The van der Waals surface area contributed by atoms with Gasteiger partial charge in [-0.2, -0.15) is 0 Å². The molecule has 2 amide bonds. The molecular weight excluding hydrogens is 378 g/mol. The zero-order valence-corrected chi connectivity index (χ0v) is 18.6. The average molecular weight is 412 g/mol. The molecule has 0 aliphatic heterocycles. The number of hydrogen-bond donors (Lipinski definition) is 2. The highest BCUT2D eigenvalue weighted by Crippen LogP contribution is 2.18. The van der Waals surface area contributed by atoms with Crippen molar-refractivity contribution in [3.8, 4) is 0 Å². The summed E-state index contributed by atoms with van der Waals surface area (Å²) in [5.41, 5.74) is 0.780. The van der Waals surface area contributed by atoms with Crippen molar-refractivity contribution in [3.63, 3.8) is 0 Å². The molecule has 1 aromatic carbocycles. The smallest absolute Gasteiger partial charge is 0.243 e. The van der Waals surface area contributed by atoms with E-state index in [4.69, 9.17) is 0 Å². The van der Waals surface area contributed by atoms with Crippen molar-refractivity contribution in [3.05, 3.63) is 29.8 Å². The lowest BCUT2D eigenvalue weighted by molar-refractivity contribution is -0.130. The van der Waals surface area contributed by atoms with Gasteiger partial charge in [0.05, 0.1) is 10.9 Å². The van der Waals surface area contributed by atoms with E-state index in [0.717, 1.165) is 9.87 Å². The van der Waals surface area contributed by atoms with Crippen LogP contribution in [-0.2, 0) is 19.6 Å². The van der Waals surface area contributed by atoms with Gasteiger partial charge in [0.2, 0.25) is 21.8 Å². The van der Waals surface area contributed by atoms with Crippen molar-refractivity contribution in [2.24, 2.45) is 11.8 Å². The van der Waals surface area contributed by atoms with Crippen LogP contribution >= 0.6 is 0 Å². The van der Waals surface area contributed by atoms with Crippen LogP contribution in [0.15, 0.2) is 29.2 Å². The molecule has 0 fully saturated rings. The minimum absolute atomic E-state index is 0.0593. The van der Waals surface area contributed by atoms with Gasteiger partial charge in [-0.15, -0.1) is 0 Å². The zero-order valence-electron chi connectivity index (χ0n) is 17.8. The summed E-state index contributed by atoms with van der Waals surface area (Å²) in [7, 11) is -0.536. The first-order valence-corrected chi connectivity index (χ1v) is 10.9. The van der Waals surface area contributed by atoms with E-state index in [9.17, 15) is 18.0 Å². The third-order valence-corrected chi connectivity index (χ3v) is 6.21. The van der Waals surface area contributed by atoms with E-state index in [2.05, 4.69) is 10.6 Å². The quantitative estimate of drug-likeness (QED) is 0.652. The Balaban J connectivity index is 2.85. The SMILES string of the molecule is CC(C)CC(=O)NC(C(=O)NC(C)c1ccc(S(=O)(=O)N(C)C)cc1)C(C)C. The van der Waals surface area contributed by atoms with Gasteiger partial charge in [-0.1, -0.05) is 39.8 Å². The molecule has 0 aliphatic rings. The van der Waals surface area contributed by atoms with Gasteiger partial charge in [0.1, 0.15) is 6.04 Å². The summed E-state index contributed by atoms with van der Waals surface area (Å²) in [4.78, 5) is 24.9. The number of carbonyl (C=O) groups is 2. The highest BCUT2D eigenvalue weighted by Gasteiger charge is 2.26. The molecule has 2 unspecified atom stereocenters. The number of hydrogen-bond acceptors (Lipinski definition) is 4. The highest BCUT2D eigenvalue weighted by atomic mass is 32.2. The van der Waals surface area contributed by atoms with Gasteiger partial charge >= 0.3 is 0 Å². The van der Waals surface area contributed by atoms with Crippen LogP contribution in [0.5, 0.6) is 0 Å². The van der Waals surface area contributed by atoms with Crippen LogP contribution < -0.4 is 10.6 Å². The summed E-state index contributed by atoms with van der Waals surface area (Å²) in [6.07, 6.45) is 0.369. The maximum atomic E-state index is 12.7. The van der Waals surface area contributed by atoms with Crippen LogP contribution in [0, 0.1) is 11.8 Å². The Hall–Kier alpha value is -1.93. The van der Waals surface area contributed by atoms with Gasteiger partial charge in [0, 0.05) is 20.5 Å². The van der Waals surface area contributed by atoms with Gasteiger partial charge in [0.25, 0.3) is 0 Å². The molecule has 0 spiro atoms. The maximum absolute atomic E-state index is 12.7. The number of nitrogens with zero attached hydrogens (tertiary/aromatic N) is 1. The fourth-order valence-corrected chi connectivity index (χ4v) is 3.57. The predicted octanol–water partition coefficient (Wildman–Crippen LogP) is 2.30. The van der Waals surface area contributed by atoms with E-state index in [1.165, 1.54) is 26.2 Å². The standard InChI is InChI=1S/C20H33N3O4S/c1-13(2)12-18(24)22-19(14(3)4)20(25)21-15(5)16-8-10-17(11-9-16)28(26,27)23(6)7/h8-11,13-15,19H,12H2,1-7H3,(H,21,25)(H,22,24). The number of carbonyl (C=O) groups excluding carboxylic acids is 2. The summed E-state index contributed by atoms with van der Waals surface area (Å²) in [6.45, 7) is 9.48. The first-order valence-electron chi connectivity index (χ1n) is 9.48. The van der Waals surface area contributed by atoms with Crippen molar-refractivity contribution >= 4 is 21.8 Å². The molecule has 158 valence electrons. The van der Waals surface area contributed by atoms with Gasteiger partial charge in [0.15, 0.2) is 0 Å². The van der Waals surface area contributed by atoms with Crippen molar-refractivity contribution < 1.29 is 18.0 Å². The van der Waals surface area contributed by atoms with Crippen LogP contribution in [0.3, 0.4) is 0 Å². The van der Waals surface area contributed by atoms with Gasteiger partial charge in [-0.25, -0.2) is 12.7 Å². The molecule has 0 aliphatic carbocycles. The molecule has 1 aromatic rings. The summed E-state index contributed by atoms with van der Waals surface area (Å²) in [5, 5.41) is 5.71. The van der Waals surface area contributed by atoms with E-state index in [-0.39, 0.29) is 34.6 Å². The lowest BCUT2D eigenvalue weighted by Gasteiger charge is -2.24. The third-order valence-electron chi connectivity index (χ3n) is 4.38. The number of nitrogens with one attached hydrogen (secondary N) is 2. The van der Waals surface area contributed by atoms with Crippen molar-refractivity contribution in [1.29, 1.82) is 0 Å². The largest absolute Gasteiger partial charge is 0.348 e. The fraction of sp³-hybridized carbons (Fsp3) is 0.600. The lowest BCUT2D eigenvalue weighted by Crippen LogP contribution is -2.50. The molecule has 0 saturated carbocycles.